The molecule has 0 aliphatic carbocycles. The molecule has 1 aromatic rings. The second-order valence-corrected chi connectivity index (χ2v) is 7.73. The van der Waals surface area contributed by atoms with Crippen LogP contribution in [-0.4, -0.2) is 40.6 Å². The van der Waals surface area contributed by atoms with Crippen molar-refractivity contribution in [3.05, 3.63) is 23.8 Å². The largest absolute Gasteiger partial charge is 0.381 e. The lowest BCUT2D eigenvalue weighted by Gasteiger charge is -2.34. The van der Waals surface area contributed by atoms with Gasteiger partial charge in [-0.3, -0.25) is 9.10 Å². The molecular weight excluding hydrogens is 368 g/mol. The molecule has 1 saturated heterocycles. The summed E-state index contributed by atoms with van der Waals surface area (Å²) in [6, 6.07) is 5.23. The van der Waals surface area contributed by atoms with Crippen molar-refractivity contribution in [3.8, 4) is 0 Å². The number of hydrogen-bond acceptors (Lipinski definition) is 5. The van der Waals surface area contributed by atoms with Crippen molar-refractivity contribution in [3.63, 3.8) is 0 Å². The van der Waals surface area contributed by atoms with Crippen LogP contribution in [0, 0.1) is 5.41 Å². The molecular formula is C15H23ClN4O4S. The number of benzene rings is 1. The molecule has 0 saturated carbocycles. The summed E-state index contributed by atoms with van der Waals surface area (Å²) in [5, 5.41) is 8.12. The van der Waals surface area contributed by atoms with Crippen LogP contribution in [-0.2, 0) is 26.2 Å². The summed E-state index contributed by atoms with van der Waals surface area (Å²) in [6.45, 7) is 1.58. The smallest absolute Gasteiger partial charge is 0.299 e. The zero-order valence-electron chi connectivity index (χ0n) is 13.7. The number of rotatable bonds is 4. The average molecular weight is 391 g/mol. The maximum absolute atomic E-state index is 12.7. The van der Waals surface area contributed by atoms with Crippen molar-refractivity contribution in [2.45, 2.75) is 19.3 Å². The Morgan fingerprint density at radius 2 is 2.00 bits per heavy atom. The van der Waals surface area contributed by atoms with Gasteiger partial charge in [0.1, 0.15) is 0 Å². The van der Waals surface area contributed by atoms with Crippen LogP contribution in [0.1, 0.15) is 18.4 Å². The molecule has 1 aromatic carbocycles. The summed E-state index contributed by atoms with van der Waals surface area (Å²) >= 11 is 0. The van der Waals surface area contributed by atoms with E-state index >= 15 is 0 Å². The lowest BCUT2D eigenvalue weighted by molar-refractivity contribution is -0.130. The number of ether oxygens (including phenoxy) is 1. The van der Waals surface area contributed by atoms with Gasteiger partial charge >= 0.3 is 0 Å². The monoisotopic (exact) mass is 390 g/mol. The van der Waals surface area contributed by atoms with E-state index in [0.717, 1.165) is 9.87 Å². The lowest BCUT2D eigenvalue weighted by Crippen LogP contribution is -2.46. The molecule has 0 bridgehead atoms. The minimum Gasteiger partial charge on any atom is -0.381 e. The Kier molecular flexibility index (Phi) is 5.95. The van der Waals surface area contributed by atoms with Crippen LogP contribution in [0.5, 0.6) is 0 Å². The third-order valence-electron chi connectivity index (χ3n) is 4.83. The van der Waals surface area contributed by atoms with Crippen molar-refractivity contribution in [2.24, 2.45) is 16.3 Å². The zero-order chi connectivity index (χ0) is 17.4. The van der Waals surface area contributed by atoms with Gasteiger partial charge < -0.3 is 15.8 Å². The van der Waals surface area contributed by atoms with Gasteiger partial charge in [0.05, 0.1) is 11.1 Å². The Morgan fingerprint density at radius 3 is 2.60 bits per heavy atom. The molecule has 0 atom stereocenters. The van der Waals surface area contributed by atoms with Crippen LogP contribution >= 0.6 is 12.4 Å². The minimum absolute atomic E-state index is 0. The summed E-state index contributed by atoms with van der Waals surface area (Å²) in [5.41, 5.74) is 7.14. The summed E-state index contributed by atoms with van der Waals surface area (Å²) < 4.78 is 29.8. The fourth-order valence-electron chi connectivity index (χ4n) is 3.24. The maximum Gasteiger partial charge on any atom is 0.299 e. The summed E-state index contributed by atoms with van der Waals surface area (Å²) in [4.78, 5) is 12.7. The molecule has 0 aromatic heterocycles. The molecule has 2 aliphatic rings. The number of amides is 1. The highest BCUT2D eigenvalue weighted by molar-refractivity contribution is 7.90. The predicted molar refractivity (Wildman–Crippen MR) is 98.0 cm³/mol. The summed E-state index contributed by atoms with van der Waals surface area (Å²) in [7, 11) is -3.81. The Morgan fingerprint density at radius 1 is 1.32 bits per heavy atom. The number of anilines is 2. The minimum atomic E-state index is -3.81. The number of fused-ring (bicyclic) bond motifs is 1. The number of carbonyl (C=O) groups excluding carboxylic acids is 1. The van der Waals surface area contributed by atoms with E-state index in [1.165, 1.54) is 0 Å². The molecule has 25 heavy (non-hydrogen) atoms. The van der Waals surface area contributed by atoms with E-state index in [1.807, 2.05) is 6.07 Å². The quantitative estimate of drug-likeness (QED) is 0.684. The first-order valence-electron chi connectivity index (χ1n) is 7.88. The number of nitrogens with one attached hydrogen (secondary N) is 1. The molecule has 140 valence electrons. The summed E-state index contributed by atoms with van der Waals surface area (Å²) in [5.74, 6) is -0.159. The molecule has 8 nitrogen and oxygen atoms in total. The molecule has 2 aliphatic heterocycles. The van der Waals surface area contributed by atoms with Gasteiger partial charge in [0.25, 0.3) is 10.2 Å². The van der Waals surface area contributed by atoms with Crippen LogP contribution in [0.25, 0.3) is 0 Å². The van der Waals surface area contributed by atoms with Gasteiger partial charge in [0, 0.05) is 32.0 Å². The SMILES string of the molecule is Cl.NCC1(C(=O)Nc2ccc3c(c2)N(S(N)(=O)=O)CC3)CCOCC1. The van der Waals surface area contributed by atoms with Gasteiger partial charge in [-0.1, -0.05) is 6.07 Å². The Bertz CT molecular complexity index is 750. The molecule has 0 unspecified atom stereocenters. The third-order valence-corrected chi connectivity index (χ3v) is 5.82. The van der Waals surface area contributed by atoms with E-state index in [2.05, 4.69) is 5.32 Å². The molecule has 10 heteroatoms. The first-order valence-corrected chi connectivity index (χ1v) is 9.39. The maximum atomic E-state index is 12.7. The summed E-state index contributed by atoms with van der Waals surface area (Å²) in [6.07, 6.45) is 1.75. The van der Waals surface area contributed by atoms with Crippen molar-refractivity contribution < 1.29 is 17.9 Å². The van der Waals surface area contributed by atoms with Crippen LogP contribution in [0.2, 0.25) is 0 Å². The normalized spacial score (nSPS) is 19.0. The van der Waals surface area contributed by atoms with E-state index in [9.17, 15) is 13.2 Å². The van der Waals surface area contributed by atoms with Gasteiger partial charge in [-0.2, -0.15) is 8.42 Å². The van der Waals surface area contributed by atoms with E-state index in [4.69, 9.17) is 15.6 Å². The van der Waals surface area contributed by atoms with Gasteiger partial charge in [0.2, 0.25) is 5.91 Å². The van der Waals surface area contributed by atoms with Gasteiger partial charge in [0.15, 0.2) is 0 Å². The topological polar surface area (TPSA) is 128 Å². The highest BCUT2D eigenvalue weighted by Crippen LogP contribution is 2.34. The van der Waals surface area contributed by atoms with Gasteiger partial charge in [-0.15, -0.1) is 12.4 Å². The van der Waals surface area contributed by atoms with Crippen molar-refractivity contribution in [1.29, 1.82) is 0 Å². The van der Waals surface area contributed by atoms with Crippen molar-refractivity contribution in [2.75, 3.05) is 35.9 Å². The lowest BCUT2D eigenvalue weighted by atomic mass is 9.79. The van der Waals surface area contributed by atoms with Gasteiger partial charge in [-0.05, 0) is 37.0 Å². The highest BCUT2D eigenvalue weighted by Gasteiger charge is 2.39. The van der Waals surface area contributed by atoms with E-state index in [0.29, 0.717) is 50.4 Å². The number of halogens is 1. The van der Waals surface area contributed by atoms with Crippen molar-refractivity contribution >= 4 is 39.9 Å². The standard InChI is InChI=1S/C15H22N4O4S.ClH/c16-10-15(4-7-23-8-5-15)14(20)18-12-2-1-11-3-6-19(13(11)9-12)24(17,21)22;/h1-2,9H,3-8,10,16H2,(H,18,20)(H2,17,21,22);1H. The number of carbonyl (C=O) groups is 1. The van der Waals surface area contributed by atoms with Crippen LogP contribution < -0.4 is 20.5 Å². The average Bonchev–Trinajstić information content (AvgIpc) is 2.98. The van der Waals surface area contributed by atoms with E-state index in [-0.39, 0.29) is 24.9 Å². The fraction of sp³-hybridized carbons (Fsp3) is 0.533. The highest BCUT2D eigenvalue weighted by atomic mass is 35.5. The Hall–Kier alpha value is -1.39. The molecule has 3 rings (SSSR count). The van der Waals surface area contributed by atoms with Crippen LogP contribution in [0.3, 0.4) is 0 Å². The second kappa shape index (κ2) is 7.46. The second-order valence-electron chi connectivity index (χ2n) is 6.26. The number of nitrogens with zero attached hydrogens (tertiary/aromatic N) is 1. The molecule has 2 heterocycles. The molecule has 5 N–H and O–H groups in total. The molecule has 1 fully saturated rings. The fourth-order valence-corrected chi connectivity index (χ4v) is 4.03. The predicted octanol–water partition coefficient (Wildman–Crippen LogP) is 0.368. The Balaban J connectivity index is 0.00000225. The number of nitrogens with two attached hydrogens (primary N) is 2. The third kappa shape index (κ3) is 3.90. The first-order chi connectivity index (χ1) is 11.4. The molecule has 1 amide bonds. The zero-order valence-corrected chi connectivity index (χ0v) is 15.4. The van der Waals surface area contributed by atoms with Crippen LogP contribution in [0.4, 0.5) is 11.4 Å². The van der Waals surface area contributed by atoms with Crippen molar-refractivity contribution in [1.82, 2.24) is 0 Å². The van der Waals surface area contributed by atoms with Crippen LogP contribution in [0.15, 0.2) is 18.2 Å². The molecule has 0 spiro atoms. The first kappa shape index (κ1) is 19.9. The molecule has 0 radical (unpaired) electrons. The van der Waals surface area contributed by atoms with E-state index in [1.54, 1.807) is 12.1 Å². The number of hydrogen-bond donors (Lipinski definition) is 3. The Labute approximate surface area is 153 Å². The van der Waals surface area contributed by atoms with E-state index < -0.39 is 15.6 Å². The van der Waals surface area contributed by atoms with Gasteiger partial charge in [-0.25, -0.2) is 5.14 Å².